The summed E-state index contributed by atoms with van der Waals surface area (Å²) < 4.78 is 1.99. The van der Waals surface area contributed by atoms with Gasteiger partial charge in [0.05, 0.1) is 6.54 Å². The van der Waals surface area contributed by atoms with Crippen molar-refractivity contribution < 1.29 is 0 Å². The van der Waals surface area contributed by atoms with Crippen LogP contribution in [0.15, 0.2) is 29.4 Å². The third kappa shape index (κ3) is 3.32. The number of nitrogens with zero attached hydrogens (tertiary/aromatic N) is 4. The van der Waals surface area contributed by atoms with Gasteiger partial charge in [0, 0.05) is 19.3 Å². The number of hydrogen-bond donors (Lipinski definition) is 2. The minimum atomic E-state index is 0.542. The molecule has 0 saturated heterocycles. The number of pyridine rings is 1. The van der Waals surface area contributed by atoms with Crippen LogP contribution in [0, 0.1) is 0 Å². The Kier molecular flexibility index (Phi) is 4.33. The fourth-order valence-corrected chi connectivity index (χ4v) is 2.81. The smallest absolute Gasteiger partial charge is 0.191 e. The third-order valence-electron chi connectivity index (χ3n) is 3.97. The number of aromatic nitrogens is 3. The molecule has 112 valence electrons. The van der Waals surface area contributed by atoms with Crippen LogP contribution in [0.2, 0.25) is 0 Å². The fourth-order valence-electron chi connectivity index (χ4n) is 2.81. The van der Waals surface area contributed by atoms with E-state index in [9.17, 15) is 0 Å². The van der Waals surface area contributed by atoms with E-state index in [0.717, 1.165) is 17.4 Å². The lowest BCUT2D eigenvalue weighted by Crippen LogP contribution is -2.44. The van der Waals surface area contributed by atoms with Gasteiger partial charge in [0.15, 0.2) is 17.4 Å². The standard InChI is InChI=1S/C15H22N6/c1-16-15(18-12-7-3-2-4-8-12)17-11-14-20-19-13-9-5-6-10-21(13)14/h5-6,9-10,12H,2-4,7-8,11H2,1H3,(H2,16,17,18). The Labute approximate surface area is 124 Å². The van der Waals surface area contributed by atoms with E-state index in [2.05, 4.69) is 25.8 Å². The lowest BCUT2D eigenvalue weighted by molar-refractivity contribution is 0.410. The Bertz CT molecular complexity index is 611. The number of nitrogens with one attached hydrogen (secondary N) is 2. The number of aliphatic imine (C=N–C) groups is 1. The first-order valence-corrected chi connectivity index (χ1v) is 7.62. The maximum atomic E-state index is 4.30. The second-order valence-electron chi connectivity index (χ2n) is 5.45. The molecule has 1 fully saturated rings. The molecule has 6 heteroatoms. The summed E-state index contributed by atoms with van der Waals surface area (Å²) in [6.07, 6.45) is 8.41. The van der Waals surface area contributed by atoms with E-state index in [4.69, 9.17) is 0 Å². The zero-order valence-electron chi connectivity index (χ0n) is 12.4. The van der Waals surface area contributed by atoms with Crippen molar-refractivity contribution in [3.63, 3.8) is 0 Å². The molecule has 2 aromatic rings. The van der Waals surface area contributed by atoms with Gasteiger partial charge in [-0.3, -0.25) is 9.39 Å². The summed E-state index contributed by atoms with van der Waals surface area (Å²) in [5.41, 5.74) is 0.865. The molecule has 2 heterocycles. The van der Waals surface area contributed by atoms with E-state index in [1.807, 2.05) is 28.8 Å². The molecule has 1 saturated carbocycles. The van der Waals surface area contributed by atoms with Crippen molar-refractivity contribution in [1.29, 1.82) is 0 Å². The normalized spacial score (nSPS) is 17.1. The van der Waals surface area contributed by atoms with Crippen molar-refractivity contribution in [3.05, 3.63) is 30.2 Å². The van der Waals surface area contributed by atoms with Gasteiger partial charge < -0.3 is 10.6 Å². The Morgan fingerprint density at radius 1 is 1.29 bits per heavy atom. The predicted molar refractivity (Wildman–Crippen MR) is 83.2 cm³/mol. The molecule has 2 N–H and O–H groups in total. The average Bonchev–Trinajstić information content (AvgIpc) is 2.96. The van der Waals surface area contributed by atoms with E-state index < -0.39 is 0 Å². The van der Waals surface area contributed by atoms with Crippen LogP contribution in [0.4, 0.5) is 0 Å². The molecule has 6 nitrogen and oxygen atoms in total. The lowest BCUT2D eigenvalue weighted by Gasteiger charge is -2.24. The predicted octanol–water partition coefficient (Wildman–Crippen LogP) is 1.73. The van der Waals surface area contributed by atoms with Crippen LogP contribution >= 0.6 is 0 Å². The van der Waals surface area contributed by atoms with Gasteiger partial charge in [0.1, 0.15) is 0 Å². The maximum absolute atomic E-state index is 4.30. The highest BCUT2D eigenvalue weighted by atomic mass is 15.3. The van der Waals surface area contributed by atoms with Crippen LogP contribution in [-0.4, -0.2) is 33.6 Å². The van der Waals surface area contributed by atoms with Crippen LogP contribution in [0.3, 0.4) is 0 Å². The highest BCUT2D eigenvalue weighted by Gasteiger charge is 2.14. The van der Waals surface area contributed by atoms with Gasteiger partial charge in [-0.2, -0.15) is 0 Å². The molecule has 1 aliphatic rings. The van der Waals surface area contributed by atoms with Crippen molar-refractivity contribution in [2.45, 2.75) is 44.7 Å². The third-order valence-corrected chi connectivity index (χ3v) is 3.97. The van der Waals surface area contributed by atoms with Crippen molar-refractivity contribution in [2.75, 3.05) is 7.05 Å². The van der Waals surface area contributed by atoms with Crippen molar-refractivity contribution in [2.24, 2.45) is 4.99 Å². The molecule has 0 atom stereocenters. The molecular formula is C15H22N6. The summed E-state index contributed by atoms with van der Waals surface area (Å²) in [5, 5.41) is 15.2. The highest BCUT2D eigenvalue weighted by molar-refractivity contribution is 5.79. The number of fused-ring (bicyclic) bond motifs is 1. The van der Waals surface area contributed by atoms with Gasteiger partial charge in [0.2, 0.25) is 0 Å². The first-order chi connectivity index (χ1) is 10.4. The van der Waals surface area contributed by atoms with Crippen LogP contribution < -0.4 is 10.6 Å². The van der Waals surface area contributed by atoms with Gasteiger partial charge in [-0.15, -0.1) is 10.2 Å². The molecule has 1 aliphatic carbocycles. The van der Waals surface area contributed by atoms with E-state index in [-0.39, 0.29) is 0 Å². The summed E-state index contributed by atoms with van der Waals surface area (Å²) in [4.78, 5) is 4.30. The van der Waals surface area contributed by atoms with Gasteiger partial charge >= 0.3 is 0 Å². The molecule has 0 radical (unpaired) electrons. The van der Waals surface area contributed by atoms with E-state index >= 15 is 0 Å². The second kappa shape index (κ2) is 6.56. The van der Waals surface area contributed by atoms with Gasteiger partial charge in [-0.05, 0) is 25.0 Å². The summed E-state index contributed by atoms with van der Waals surface area (Å²) >= 11 is 0. The van der Waals surface area contributed by atoms with Gasteiger partial charge in [0.25, 0.3) is 0 Å². The number of rotatable bonds is 3. The molecular weight excluding hydrogens is 264 g/mol. The van der Waals surface area contributed by atoms with Crippen LogP contribution in [-0.2, 0) is 6.54 Å². The summed E-state index contributed by atoms with van der Waals surface area (Å²) in [6, 6.07) is 6.44. The van der Waals surface area contributed by atoms with Gasteiger partial charge in [-0.25, -0.2) is 0 Å². The first kappa shape index (κ1) is 13.9. The lowest BCUT2D eigenvalue weighted by atomic mass is 9.96. The molecule has 0 bridgehead atoms. The van der Waals surface area contributed by atoms with E-state index in [1.165, 1.54) is 32.1 Å². The van der Waals surface area contributed by atoms with Crippen molar-refractivity contribution in [3.8, 4) is 0 Å². The molecule has 3 rings (SSSR count). The molecule has 2 aromatic heterocycles. The largest absolute Gasteiger partial charge is 0.354 e. The average molecular weight is 286 g/mol. The van der Waals surface area contributed by atoms with Gasteiger partial charge in [-0.1, -0.05) is 25.3 Å². The quantitative estimate of drug-likeness (QED) is 0.666. The van der Waals surface area contributed by atoms with E-state index in [1.54, 1.807) is 7.05 Å². The highest BCUT2D eigenvalue weighted by Crippen LogP contribution is 2.17. The summed E-state index contributed by atoms with van der Waals surface area (Å²) in [5.74, 6) is 1.73. The second-order valence-corrected chi connectivity index (χ2v) is 5.45. The zero-order chi connectivity index (χ0) is 14.5. The molecule has 0 aliphatic heterocycles. The first-order valence-electron chi connectivity index (χ1n) is 7.62. The number of guanidine groups is 1. The monoisotopic (exact) mass is 286 g/mol. The van der Waals surface area contributed by atoms with Crippen molar-refractivity contribution in [1.82, 2.24) is 25.2 Å². The fraction of sp³-hybridized carbons (Fsp3) is 0.533. The topological polar surface area (TPSA) is 66.6 Å². The van der Waals surface area contributed by atoms with Crippen LogP contribution in [0.1, 0.15) is 37.9 Å². The molecule has 21 heavy (non-hydrogen) atoms. The zero-order valence-corrected chi connectivity index (χ0v) is 12.4. The minimum Gasteiger partial charge on any atom is -0.354 e. The Hall–Kier alpha value is -2.11. The van der Waals surface area contributed by atoms with E-state index in [0.29, 0.717) is 12.6 Å². The molecule has 0 amide bonds. The Balaban J connectivity index is 1.60. The van der Waals surface area contributed by atoms with Crippen molar-refractivity contribution >= 4 is 11.6 Å². The maximum Gasteiger partial charge on any atom is 0.191 e. The SMILES string of the molecule is CN=C(NCc1nnc2ccccn12)NC1CCCCC1. The Morgan fingerprint density at radius 2 is 2.14 bits per heavy atom. The van der Waals surface area contributed by atoms with Crippen LogP contribution in [0.25, 0.3) is 5.65 Å². The summed E-state index contributed by atoms with van der Waals surface area (Å²) in [6.45, 7) is 0.609. The summed E-state index contributed by atoms with van der Waals surface area (Å²) in [7, 11) is 1.81. The van der Waals surface area contributed by atoms with Crippen LogP contribution in [0.5, 0.6) is 0 Å². The molecule has 0 aromatic carbocycles. The molecule has 0 unspecified atom stereocenters. The minimum absolute atomic E-state index is 0.542. The number of hydrogen-bond acceptors (Lipinski definition) is 3. The molecule has 0 spiro atoms. The Morgan fingerprint density at radius 3 is 2.95 bits per heavy atom.